The summed E-state index contributed by atoms with van der Waals surface area (Å²) < 4.78 is 0. The molecule has 0 radical (unpaired) electrons. The molecule has 0 aromatic heterocycles. The molecule has 0 saturated heterocycles. The van der Waals surface area contributed by atoms with Crippen molar-refractivity contribution in [2.45, 2.75) is 53.9 Å². The summed E-state index contributed by atoms with van der Waals surface area (Å²) in [5.41, 5.74) is 0. The molecule has 0 nitrogen and oxygen atoms in total. The van der Waals surface area contributed by atoms with Crippen LogP contribution in [-0.4, -0.2) is 0 Å². The fraction of sp³-hybridized carbons (Fsp3) is 0.474. The minimum absolute atomic E-state index is 0.584. The highest BCUT2D eigenvalue weighted by molar-refractivity contribution is 5.01. The van der Waals surface area contributed by atoms with Gasteiger partial charge >= 0.3 is 0 Å². The van der Waals surface area contributed by atoms with E-state index in [4.69, 9.17) is 0 Å². The zero-order chi connectivity index (χ0) is 14.8. The number of unbranched alkanes of at least 4 members (excludes halogenated alkanes) is 1. The second-order valence-corrected chi connectivity index (χ2v) is 4.24. The molecular weight excluding hydrogens is 228 g/mol. The van der Waals surface area contributed by atoms with Gasteiger partial charge in [-0.3, -0.25) is 0 Å². The van der Waals surface area contributed by atoms with E-state index in [1.54, 1.807) is 0 Å². The number of rotatable bonds is 7. The summed E-state index contributed by atoms with van der Waals surface area (Å²) >= 11 is 0. The molecule has 0 bridgehead atoms. The monoisotopic (exact) mass is 260 g/mol. The van der Waals surface area contributed by atoms with Crippen LogP contribution in [0.2, 0.25) is 0 Å². The molecule has 0 aliphatic carbocycles. The summed E-state index contributed by atoms with van der Waals surface area (Å²) in [6.07, 6.45) is 25.0. The molecule has 0 unspecified atom stereocenters. The topological polar surface area (TPSA) is 0 Å². The van der Waals surface area contributed by atoms with E-state index < -0.39 is 0 Å². The average molecular weight is 260 g/mol. The van der Waals surface area contributed by atoms with Crippen LogP contribution < -0.4 is 0 Å². The van der Waals surface area contributed by atoms with Gasteiger partial charge in [-0.1, -0.05) is 60.8 Å². The Bertz CT molecular complexity index is 263. The number of hydrogen-bond acceptors (Lipinski definition) is 0. The summed E-state index contributed by atoms with van der Waals surface area (Å²) in [6.45, 7) is 10.3. The zero-order valence-electron chi connectivity index (χ0n) is 13.5. The lowest BCUT2D eigenvalue weighted by molar-refractivity contribution is 0.828. The second kappa shape index (κ2) is 19.0. The molecule has 0 aromatic carbocycles. The van der Waals surface area contributed by atoms with Gasteiger partial charge in [0.2, 0.25) is 0 Å². The van der Waals surface area contributed by atoms with E-state index in [1.807, 2.05) is 0 Å². The van der Waals surface area contributed by atoms with E-state index >= 15 is 0 Å². The SMILES string of the molecule is CC=CCC(C=CC)C=CC.CC=CCCC=CC. The van der Waals surface area contributed by atoms with E-state index in [0.717, 1.165) is 6.42 Å². The first-order valence-electron chi connectivity index (χ1n) is 7.35. The van der Waals surface area contributed by atoms with Crippen LogP contribution in [0.4, 0.5) is 0 Å². The van der Waals surface area contributed by atoms with Crippen LogP contribution in [0.5, 0.6) is 0 Å². The normalized spacial score (nSPS) is 13.9. The van der Waals surface area contributed by atoms with Gasteiger partial charge in [-0.2, -0.15) is 0 Å². The van der Waals surface area contributed by atoms with Crippen molar-refractivity contribution in [2.75, 3.05) is 0 Å². The summed E-state index contributed by atoms with van der Waals surface area (Å²) in [5.74, 6) is 0.584. The van der Waals surface area contributed by atoms with Gasteiger partial charge in [0.05, 0.1) is 0 Å². The lowest BCUT2D eigenvalue weighted by Crippen LogP contribution is -1.87. The van der Waals surface area contributed by atoms with E-state index in [0.29, 0.717) is 5.92 Å². The summed E-state index contributed by atoms with van der Waals surface area (Å²) in [6, 6.07) is 0. The maximum atomic E-state index is 2.22. The van der Waals surface area contributed by atoms with Gasteiger partial charge in [0, 0.05) is 0 Å². The minimum atomic E-state index is 0.584. The Labute approximate surface area is 121 Å². The van der Waals surface area contributed by atoms with Gasteiger partial charge in [-0.15, -0.1) is 0 Å². The molecule has 0 N–H and O–H groups in total. The summed E-state index contributed by atoms with van der Waals surface area (Å²) in [7, 11) is 0. The van der Waals surface area contributed by atoms with Gasteiger partial charge in [-0.25, -0.2) is 0 Å². The van der Waals surface area contributed by atoms with Gasteiger partial charge in [-0.05, 0) is 59.8 Å². The highest BCUT2D eigenvalue weighted by Crippen LogP contribution is 2.07. The molecule has 0 saturated carbocycles. The van der Waals surface area contributed by atoms with Crippen molar-refractivity contribution < 1.29 is 0 Å². The van der Waals surface area contributed by atoms with Crippen molar-refractivity contribution in [3.63, 3.8) is 0 Å². The Morgan fingerprint density at radius 2 is 1.00 bits per heavy atom. The Balaban J connectivity index is 0. The van der Waals surface area contributed by atoms with Gasteiger partial charge < -0.3 is 0 Å². The molecule has 0 fully saturated rings. The quantitative estimate of drug-likeness (QED) is 0.355. The Morgan fingerprint density at radius 1 is 0.579 bits per heavy atom. The van der Waals surface area contributed by atoms with Crippen molar-refractivity contribution in [1.82, 2.24) is 0 Å². The Kier molecular flexibility index (Phi) is 20.1. The first-order valence-corrected chi connectivity index (χ1v) is 7.35. The molecule has 0 atom stereocenters. The molecule has 0 aliphatic heterocycles. The molecule has 0 spiro atoms. The van der Waals surface area contributed by atoms with Gasteiger partial charge in [0.15, 0.2) is 0 Å². The van der Waals surface area contributed by atoms with E-state index in [2.05, 4.69) is 95.4 Å². The first-order chi connectivity index (χ1) is 9.26. The van der Waals surface area contributed by atoms with Crippen LogP contribution in [0.1, 0.15) is 53.9 Å². The average Bonchev–Trinajstić information content (AvgIpc) is 2.42. The zero-order valence-corrected chi connectivity index (χ0v) is 13.5. The third-order valence-electron chi connectivity index (χ3n) is 2.49. The number of hydrogen-bond donors (Lipinski definition) is 0. The van der Waals surface area contributed by atoms with Crippen molar-refractivity contribution in [1.29, 1.82) is 0 Å². The molecule has 0 heterocycles. The van der Waals surface area contributed by atoms with Crippen LogP contribution >= 0.6 is 0 Å². The second-order valence-electron chi connectivity index (χ2n) is 4.24. The van der Waals surface area contributed by atoms with Crippen molar-refractivity contribution in [3.8, 4) is 0 Å². The summed E-state index contributed by atoms with van der Waals surface area (Å²) in [5, 5.41) is 0. The highest BCUT2D eigenvalue weighted by atomic mass is 14.0. The van der Waals surface area contributed by atoms with Crippen molar-refractivity contribution in [2.24, 2.45) is 5.92 Å². The smallest absolute Gasteiger partial charge is 0.00192 e. The first kappa shape index (κ1) is 20.0. The Morgan fingerprint density at radius 3 is 1.32 bits per heavy atom. The standard InChI is InChI=1S/C11H18.C8H14/c1-4-7-10-11(8-5-2)9-6-3;1-3-5-7-8-6-4-2/h4-9,11H,10H2,1-3H3;3-6H,7-8H2,1-2H3. The van der Waals surface area contributed by atoms with Crippen molar-refractivity contribution in [3.05, 3.63) is 60.8 Å². The van der Waals surface area contributed by atoms with Crippen LogP contribution in [0.3, 0.4) is 0 Å². The fourth-order valence-corrected chi connectivity index (χ4v) is 1.53. The molecule has 0 heteroatoms. The van der Waals surface area contributed by atoms with Crippen molar-refractivity contribution >= 4 is 0 Å². The van der Waals surface area contributed by atoms with Crippen LogP contribution in [0, 0.1) is 5.92 Å². The Hall–Kier alpha value is -1.30. The minimum Gasteiger partial charge on any atom is -0.0917 e. The largest absolute Gasteiger partial charge is 0.0917 e. The maximum absolute atomic E-state index is 2.22. The molecular formula is C19H32. The molecule has 0 rings (SSSR count). The predicted octanol–water partition coefficient (Wildman–Crippen LogP) is 6.64. The number of allylic oxidation sites excluding steroid dienone is 10. The van der Waals surface area contributed by atoms with Crippen LogP contribution in [0.25, 0.3) is 0 Å². The van der Waals surface area contributed by atoms with Gasteiger partial charge in [0.25, 0.3) is 0 Å². The van der Waals surface area contributed by atoms with Gasteiger partial charge in [0.1, 0.15) is 0 Å². The third-order valence-corrected chi connectivity index (χ3v) is 2.49. The molecule has 0 aliphatic rings. The van der Waals surface area contributed by atoms with E-state index in [-0.39, 0.29) is 0 Å². The lowest BCUT2D eigenvalue weighted by Gasteiger charge is -2.01. The maximum Gasteiger partial charge on any atom is -0.00192 e. The van der Waals surface area contributed by atoms with E-state index in [1.165, 1.54) is 12.8 Å². The molecule has 0 aromatic rings. The summed E-state index contributed by atoms with van der Waals surface area (Å²) in [4.78, 5) is 0. The highest BCUT2D eigenvalue weighted by Gasteiger charge is 1.93. The molecule has 0 amide bonds. The third kappa shape index (κ3) is 19.2. The lowest BCUT2D eigenvalue weighted by atomic mass is 10.0. The molecule has 108 valence electrons. The molecule has 19 heavy (non-hydrogen) atoms. The van der Waals surface area contributed by atoms with Crippen LogP contribution in [0.15, 0.2) is 60.8 Å². The van der Waals surface area contributed by atoms with E-state index in [9.17, 15) is 0 Å². The van der Waals surface area contributed by atoms with Crippen LogP contribution in [-0.2, 0) is 0 Å². The predicted molar refractivity (Wildman–Crippen MR) is 91.4 cm³/mol. The fourth-order valence-electron chi connectivity index (χ4n) is 1.53.